The van der Waals surface area contributed by atoms with Crippen molar-refractivity contribution in [3.63, 3.8) is 0 Å². The SMILES string of the molecule is CC(C)(C)N1CCC1.CC(C)(C)N1CCCC1=O.CC(C)(C)N1CCCCC1.CC1(C)CN(C(C)(C)C)C1.CC1CCN1C(C)(C)C.CC1CN(C(C)(C)C)C1. The maximum absolute atomic E-state index is 11.1. The molecule has 0 spiro atoms. The number of nitrogens with zero attached hydrogens (tertiary/aromatic N) is 6. The van der Waals surface area contributed by atoms with Crippen LogP contribution in [0.2, 0.25) is 0 Å². The molecule has 6 fully saturated rings. The fourth-order valence-corrected chi connectivity index (χ4v) is 8.13. The molecule has 6 heterocycles. The van der Waals surface area contributed by atoms with Gasteiger partial charge in [0.05, 0.1) is 0 Å². The second kappa shape index (κ2) is 21.2. The molecular weight excluding hydrogens is 689 g/mol. The van der Waals surface area contributed by atoms with Crippen LogP contribution < -0.4 is 0 Å². The Kier molecular flexibility index (Phi) is 20.2. The molecule has 6 aliphatic heterocycles. The van der Waals surface area contributed by atoms with E-state index in [2.05, 4.69) is 177 Å². The van der Waals surface area contributed by atoms with Gasteiger partial charge in [0.15, 0.2) is 0 Å². The molecule has 0 aromatic rings. The summed E-state index contributed by atoms with van der Waals surface area (Å²) in [4.78, 5) is 25.7. The summed E-state index contributed by atoms with van der Waals surface area (Å²) in [6, 6.07) is 0.824. The Morgan fingerprint density at radius 3 is 1.00 bits per heavy atom. The second-order valence-corrected chi connectivity index (χ2v) is 24.9. The summed E-state index contributed by atoms with van der Waals surface area (Å²) in [6.45, 7) is 62.3. The summed E-state index contributed by atoms with van der Waals surface area (Å²) in [6.07, 6.45) is 8.81. The number of rotatable bonds is 0. The molecule has 6 rings (SSSR count). The van der Waals surface area contributed by atoms with E-state index in [0.29, 0.717) is 39.0 Å². The first kappa shape index (κ1) is 53.3. The number of carbonyl (C=O) groups excluding carboxylic acids is 1. The zero-order chi connectivity index (χ0) is 43.7. The highest BCUT2D eigenvalue weighted by Gasteiger charge is 2.39. The molecule has 56 heavy (non-hydrogen) atoms. The molecule has 334 valence electrons. The van der Waals surface area contributed by atoms with Gasteiger partial charge in [0.2, 0.25) is 5.91 Å². The highest BCUT2D eigenvalue weighted by molar-refractivity contribution is 5.78. The van der Waals surface area contributed by atoms with Gasteiger partial charge >= 0.3 is 0 Å². The number of hydrogen-bond acceptors (Lipinski definition) is 6. The van der Waals surface area contributed by atoms with Gasteiger partial charge in [-0.15, -0.1) is 0 Å². The molecule has 1 unspecified atom stereocenters. The predicted octanol–water partition coefficient (Wildman–Crippen LogP) is 10.9. The van der Waals surface area contributed by atoms with E-state index >= 15 is 0 Å². The smallest absolute Gasteiger partial charge is 0.223 e. The minimum atomic E-state index is 0.0353. The first-order valence-electron chi connectivity index (χ1n) is 23.1. The van der Waals surface area contributed by atoms with Crippen LogP contribution in [0.4, 0.5) is 0 Å². The molecule has 0 bridgehead atoms. The molecule has 7 nitrogen and oxygen atoms in total. The Balaban J connectivity index is 0.000000337. The van der Waals surface area contributed by atoms with Crippen molar-refractivity contribution in [3.05, 3.63) is 0 Å². The van der Waals surface area contributed by atoms with Crippen LogP contribution in [0.25, 0.3) is 0 Å². The van der Waals surface area contributed by atoms with Crippen molar-refractivity contribution in [3.8, 4) is 0 Å². The minimum Gasteiger partial charge on any atom is -0.338 e. The van der Waals surface area contributed by atoms with Crippen molar-refractivity contribution in [2.45, 2.75) is 237 Å². The first-order valence-corrected chi connectivity index (χ1v) is 23.1. The highest BCUT2D eigenvalue weighted by atomic mass is 16.2. The van der Waals surface area contributed by atoms with Crippen molar-refractivity contribution in [2.24, 2.45) is 11.3 Å². The summed E-state index contributed by atoms with van der Waals surface area (Å²) in [5.41, 5.74) is 2.64. The number of amides is 1. The van der Waals surface area contributed by atoms with Crippen molar-refractivity contribution < 1.29 is 4.79 Å². The van der Waals surface area contributed by atoms with E-state index in [1.165, 1.54) is 91.0 Å². The van der Waals surface area contributed by atoms with E-state index in [0.717, 1.165) is 31.3 Å². The fraction of sp³-hybridized carbons (Fsp3) is 0.980. The van der Waals surface area contributed by atoms with Crippen LogP contribution in [0, 0.1) is 11.3 Å². The Morgan fingerprint density at radius 2 is 0.875 bits per heavy atom. The Bertz CT molecular complexity index is 1100. The monoisotopic (exact) mass is 791 g/mol. The first-order chi connectivity index (χ1) is 25.1. The minimum absolute atomic E-state index is 0.0353. The molecule has 1 atom stereocenters. The van der Waals surface area contributed by atoms with Crippen LogP contribution in [0.3, 0.4) is 0 Å². The standard InChI is InChI=1S/2C9H19N.C8H15NO.2C8H17N.C7H15N/c1-8(2,3)10-6-9(4,5)7-10;1-9(2,3)10-7-5-4-6-8-10;1-8(2,3)9-6-4-5-7(9)10;1-7-5-9(6-7)8(2,3)4;1-7-5-6-9(7)8(2,3)4;1-7(2,3)8-5-4-6-8/h6-7H2,1-5H3;4-8H2,1-3H3;4-6H2,1-3H3;2*7H,5-6H2,1-4H3;4-6H2,1-3H3. The normalized spacial score (nSPS) is 24.4. The molecule has 0 aromatic heterocycles. The number of hydrogen-bond donors (Lipinski definition) is 0. The lowest BCUT2D eigenvalue weighted by atomic mass is 9.81. The van der Waals surface area contributed by atoms with Crippen LogP contribution in [0.5, 0.6) is 0 Å². The summed E-state index contributed by atoms with van der Waals surface area (Å²) in [5.74, 6) is 1.25. The lowest BCUT2D eigenvalue weighted by Crippen LogP contribution is -2.60. The Labute approximate surface area is 352 Å². The van der Waals surface area contributed by atoms with Crippen molar-refractivity contribution in [1.82, 2.24) is 29.4 Å². The summed E-state index contributed by atoms with van der Waals surface area (Å²) in [5, 5.41) is 0. The quantitative estimate of drug-likeness (QED) is 0.243. The van der Waals surface area contributed by atoms with E-state index in [1.807, 2.05) is 4.90 Å². The third-order valence-electron chi connectivity index (χ3n) is 12.4. The Hall–Kier alpha value is -0.730. The van der Waals surface area contributed by atoms with Crippen LogP contribution in [-0.4, -0.2) is 140 Å². The van der Waals surface area contributed by atoms with Crippen molar-refractivity contribution in [1.29, 1.82) is 0 Å². The molecule has 0 aliphatic carbocycles. The summed E-state index contributed by atoms with van der Waals surface area (Å²) >= 11 is 0. The molecule has 1 amide bonds. The Morgan fingerprint density at radius 1 is 0.464 bits per heavy atom. The third-order valence-corrected chi connectivity index (χ3v) is 12.4. The van der Waals surface area contributed by atoms with Crippen LogP contribution in [-0.2, 0) is 4.79 Å². The second-order valence-electron chi connectivity index (χ2n) is 24.9. The van der Waals surface area contributed by atoms with Crippen LogP contribution in [0.1, 0.15) is 197 Å². The van der Waals surface area contributed by atoms with Crippen LogP contribution in [0.15, 0.2) is 0 Å². The van der Waals surface area contributed by atoms with Gasteiger partial charge in [-0.3, -0.25) is 29.3 Å². The molecule has 0 N–H and O–H groups in total. The highest BCUT2D eigenvalue weighted by Crippen LogP contribution is 2.34. The maximum Gasteiger partial charge on any atom is 0.223 e. The molecule has 7 heteroatoms. The molecule has 6 saturated heterocycles. The van der Waals surface area contributed by atoms with E-state index in [9.17, 15) is 4.79 Å². The lowest BCUT2D eigenvalue weighted by Gasteiger charge is -2.52. The largest absolute Gasteiger partial charge is 0.338 e. The molecule has 6 aliphatic rings. The zero-order valence-electron chi connectivity index (χ0n) is 42.3. The van der Waals surface area contributed by atoms with E-state index in [1.54, 1.807) is 0 Å². The fourth-order valence-electron chi connectivity index (χ4n) is 8.13. The number of carbonyl (C=O) groups is 1. The molecule has 0 radical (unpaired) electrons. The third kappa shape index (κ3) is 19.6. The van der Waals surface area contributed by atoms with Crippen molar-refractivity contribution in [2.75, 3.05) is 65.4 Å². The van der Waals surface area contributed by atoms with Gasteiger partial charge in [-0.05, 0) is 201 Å². The van der Waals surface area contributed by atoms with E-state index in [4.69, 9.17) is 0 Å². The predicted molar refractivity (Wildman–Crippen MR) is 248 cm³/mol. The average molecular weight is 791 g/mol. The molecular formula is C49H102N6O. The summed E-state index contributed by atoms with van der Waals surface area (Å²) < 4.78 is 0. The van der Waals surface area contributed by atoms with Gasteiger partial charge in [0, 0.05) is 85.0 Å². The maximum atomic E-state index is 11.1. The average Bonchev–Trinajstić information content (AvgIpc) is 3.38. The number of piperidine rings is 1. The topological polar surface area (TPSA) is 36.5 Å². The van der Waals surface area contributed by atoms with Crippen molar-refractivity contribution >= 4 is 5.91 Å². The summed E-state index contributed by atoms with van der Waals surface area (Å²) in [7, 11) is 0. The lowest BCUT2D eigenvalue weighted by molar-refractivity contribution is -0.131. The van der Waals surface area contributed by atoms with Gasteiger partial charge in [-0.2, -0.15) is 0 Å². The van der Waals surface area contributed by atoms with Gasteiger partial charge in [0.1, 0.15) is 0 Å². The molecule has 0 aromatic carbocycles. The van der Waals surface area contributed by atoms with Gasteiger partial charge < -0.3 is 4.90 Å². The van der Waals surface area contributed by atoms with E-state index in [-0.39, 0.29) is 5.54 Å². The molecule has 0 saturated carbocycles. The van der Waals surface area contributed by atoms with E-state index < -0.39 is 0 Å². The zero-order valence-corrected chi connectivity index (χ0v) is 42.3. The van der Waals surface area contributed by atoms with Crippen LogP contribution >= 0.6 is 0 Å². The van der Waals surface area contributed by atoms with Gasteiger partial charge in [0.25, 0.3) is 0 Å². The van der Waals surface area contributed by atoms with Gasteiger partial charge in [-0.25, -0.2) is 0 Å². The number of likely N-dealkylation sites (tertiary alicyclic amines) is 6. The van der Waals surface area contributed by atoms with Gasteiger partial charge in [-0.1, -0.05) is 27.2 Å².